The lowest BCUT2D eigenvalue weighted by molar-refractivity contribution is 0.352. The maximum atomic E-state index is 5.45. The largest absolute Gasteiger partial charge is 0.382 e. The number of likely N-dealkylation sites (tertiary alicyclic amines) is 1. The van der Waals surface area contributed by atoms with E-state index in [1.807, 2.05) is 0 Å². The van der Waals surface area contributed by atoms with Crippen LogP contribution in [0.5, 0.6) is 0 Å². The minimum atomic E-state index is 0.458. The van der Waals surface area contributed by atoms with Crippen LogP contribution in [0.1, 0.15) is 12.8 Å². The van der Waals surface area contributed by atoms with E-state index in [2.05, 4.69) is 20.2 Å². The molecule has 15 heavy (non-hydrogen) atoms. The van der Waals surface area contributed by atoms with E-state index in [-0.39, 0.29) is 0 Å². The molecule has 1 aromatic heterocycles. The van der Waals surface area contributed by atoms with Crippen molar-refractivity contribution in [1.82, 2.24) is 14.9 Å². The van der Waals surface area contributed by atoms with E-state index >= 15 is 0 Å². The Kier molecular flexibility index (Phi) is 3.34. The van der Waals surface area contributed by atoms with E-state index in [9.17, 15) is 0 Å². The van der Waals surface area contributed by atoms with E-state index in [0.717, 1.165) is 18.9 Å². The summed E-state index contributed by atoms with van der Waals surface area (Å²) in [7, 11) is 0. The SMILES string of the molecule is Nc1cnc(NCCN2CCCC2)cn1. The van der Waals surface area contributed by atoms with Gasteiger partial charge in [-0.1, -0.05) is 0 Å². The van der Waals surface area contributed by atoms with E-state index < -0.39 is 0 Å². The highest BCUT2D eigenvalue weighted by Gasteiger charge is 2.10. The summed E-state index contributed by atoms with van der Waals surface area (Å²) in [5.41, 5.74) is 5.45. The fourth-order valence-electron chi connectivity index (χ4n) is 1.78. The first kappa shape index (κ1) is 10.2. The zero-order valence-electron chi connectivity index (χ0n) is 8.82. The molecule has 0 unspecified atom stereocenters. The van der Waals surface area contributed by atoms with Gasteiger partial charge in [0.05, 0.1) is 12.4 Å². The Bertz CT molecular complexity index is 291. The van der Waals surface area contributed by atoms with Gasteiger partial charge < -0.3 is 16.0 Å². The van der Waals surface area contributed by atoms with Gasteiger partial charge in [0, 0.05) is 13.1 Å². The summed E-state index contributed by atoms with van der Waals surface area (Å²) in [6, 6.07) is 0. The van der Waals surface area contributed by atoms with Crippen LogP contribution in [-0.4, -0.2) is 41.0 Å². The number of aromatic nitrogens is 2. The maximum Gasteiger partial charge on any atom is 0.144 e. The van der Waals surface area contributed by atoms with Gasteiger partial charge in [-0.15, -0.1) is 0 Å². The van der Waals surface area contributed by atoms with Crippen LogP contribution in [0.4, 0.5) is 11.6 Å². The molecule has 82 valence electrons. The van der Waals surface area contributed by atoms with Crippen LogP contribution in [0, 0.1) is 0 Å². The van der Waals surface area contributed by atoms with Gasteiger partial charge in [-0.25, -0.2) is 9.97 Å². The van der Waals surface area contributed by atoms with Gasteiger partial charge >= 0.3 is 0 Å². The Morgan fingerprint density at radius 1 is 1.27 bits per heavy atom. The topological polar surface area (TPSA) is 67.1 Å². The quantitative estimate of drug-likeness (QED) is 0.755. The van der Waals surface area contributed by atoms with E-state index in [0.29, 0.717) is 5.82 Å². The molecule has 0 bridgehead atoms. The molecule has 2 rings (SSSR count). The van der Waals surface area contributed by atoms with E-state index in [4.69, 9.17) is 5.73 Å². The number of anilines is 2. The predicted octanol–water partition coefficient (Wildman–Crippen LogP) is 0.566. The number of nitrogens with zero attached hydrogens (tertiary/aromatic N) is 3. The molecule has 0 aromatic carbocycles. The van der Waals surface area contributed by atoms with Crippen molar-refractivity contribution in [2.45, 2.75) is 12.8 Å². The molecule has 1 saturated heterocycles. The monoisotopic (exact) mass is 207 g/mol. The Balaban J connectivity index is 1.71. The van der Waals surface area contributed by atoms with Gasteiger partial charge in [0.25, 0.3) is 0 Å². The maximum absolute atomic E-state index is 5.45. The predicted molar refractivity (Wildman–Crippen MR) is 60.6 cm³/mol. The molecule has 0 aliphatic carbocycles. The van der Waals surface area contributed by atoms with Crippen molar-refractivity contribution >= 4 is 11.6 Å². The van der Waals surface area contributed by atoms with E-state index in [1.165, 1.54) is 25.9 Å². The van der Waals surface area contributed by atoms with Crippen molar-refractivity contribution in [3.05, 3.63) is 12.4 Å². The standard InChI is InChI=1S/C10H17N5/c11-9-7-14-10(8-13-9)12-3-6-15-4-1-2-5-15/h7-8H,1-6H2,(H2,11,13)(H,12,14). The highest BCUT2D eigenvalue weighted by molar-refractivity contribution is 5.35. The number of nitrogen functional groups attached to an aromatic ring is 1. The molecule has 3 N–H and O–H groups in total. The third-order valence-electron chi connectivity index (χ3n) is 2.60. The zero-order chi connectivity index (χ0) is 10.5. The van der Waals surface area contributed by atoms with Crippen LogP contribution < -0.4 is 11.1 Å². The molecule has 1 aliphatic rings. The summed E-state index contributed by atoms with van der Waals surface area (Å²) in [5, 5.41) is 3.23. The summed E-state index contributed by atoms with van der Waals surface area (Å²) < 4.78 is 0. The smallest absolute Gasteiger partial charge is 0.144 e. The molecule has 0 atom stereocenters. The lowest BCUT2D eigenvalue weighted by atomic mass is 10.4. The second kappa shape index (κ2) is 4.93. The Hall–Kier alpha value is -1.36. The van der Waals surface area contributed by atoms with Crippen molar-refractivity contribution in [3.8, 4) is 0 Å². The lowest BCUT2D eigenvalue weighted by Gasteiger charge is -2.14. The van der Waals surface area contributed by atoms with Crippen molar-refractivity contribution in [1.29, 1.82) is 0 Å². The number of rotatable bonds is 4. The van der Waals surface area contributed by atoms with Crippen molar-refractivity contribution < 1.29 is 0 Å². The first-order chi connectivity index (χ1) is 7.34. The fraction of sp³-hybridized carbons (Fsp3) is 0.600. The van der Waals surface area contributed by atoms with Crippen LogP contribution in [0.3, 0.4) is 0 Å². The van der Waals surface area contributed by atoms with Crippen LogP contribution in [0.2, 0.25) is 0 Å². The van der Waals surface area contributed by atoms with Crippen LogP contribution in [0.15, 0.2) is 12.4 Å². The second-order valence-corrected chi connectivity index (χ2v) is 3.80. The van der Waals surface area contributed by atoms with Crippen molar-refractivity contribution in [3.63, 3.8) is 0 Å². The number of hydrogen-bond acceptors (Lipinski definition) is 5. The van der Waals surface area contributed by atoms with Gasteiger partial charge in [-0.3, -0.25) is 0 Å². The van der Waals surface area contributed by atoms with Crippen molar-refractivity contribution in [2.24, 2.45) is 0 Å². The molecule has 0 radical (unpaired) electrons. The number of nitrogens with one attached hydrogen (secondary N) is 1. The molecule has 5 heteroatoms. The third-order valence-corrected chi connectivity index (χ3v) is 2.60. The molecule has 2 heterocycles. The van der Waals surface area contributed by atoms with Crippen LogP contribution in [-0.2, 0) is 0 Å². The average molecular weight is 207 g/mol. The molecule has 0 spiro atoms. The molecule has 5 nitrogen and oxygen atoms in total. The van der Waals surface area contributed by atoms with Crippen LogP contribution in [0.25, 0.3) is 0 Å². The van der Waals surface area contributed by atoms with Gasteiger partial charge in [0.15, 0.2) is 0 Å². The van der Waals surface area contributed by atoms with Crippen LogP contribution >= 0.6 is 0 Å². The second-order valence-electron chi connectivity index (χ2n) is 3.80. The summed E-state index contributed by atoms with van der Waals surface area (Å²) in [5.74, 6) is 1.25. The minimum absolute atomic E-state index is 0.458. The molecule has 0 saturated carbocycles. The van der Waals surface area contributed by atoms with Gasteiger partial charge in [0.1, 0.15) is 11.6 Å². The van der Waals surface area contributed by atoms with Gasteiger partial charge in [-0.05, 0) is 25.9 Å². The molecule has 1 aromatic rings. The Morgan fingerprint density at radius 2 is 2.07 bits per heavy atom. The normalized spacial score (nSPS) is 16.8. The Labute approximate surface area is 89.7 Å². The molecular formula is C10H17N5. The summed E-state index contributed by atoms with van der Waals surface area (Å²) in [6.45, 7) is 4.45. The number of hydrogen-bond donors (Lipinski definition) is 2. The first-order valence-electron chi connectivity index (χ1n) is 5.38. The van der Waals surface area contributed by atoms with E-state index in [1.54, 1.807) is 12.4 Å². The molecule has 0 amide bonds. The van der Waals surface area contributed by atoms with Gasteiger partial charge in [0.2, 0.25) is 0 Å². The zero-order valence-corrected chi connectivity index (χ0v) is 8.82. The average Bonchev–Trinajstić information content (AvgIpc) is 2.74. The number of nitrogens with two attached hydrogens (primary N) is 1. The highest BCUT2D eigenvalue weighted by atomic mass is 15.2. The van der Waals surface area contributed by atoms with Crippen molar-refractivity contribution in [2.75, 3.05) is 37.2 Å². The fourth-order valence-corrected chi connectivity index (χ4v) is 1.78. The molecule has 1 fully saturated rings. The highest BCUT2D eigenvalue weighted by Crippen LogP contribution is 2.06. The molecular weight excluding hydrogens is 190 g/mol. The molecule has 1 aliphatic heterocycles. The summed E-state index contributed by atoms with van der Waals surface area (Å²) >= 11 is 0. The summed E-state index contributed by atoms with van der Waals surface area (Å²) in [4.78, 5) is 10.6. The Morgan fingerprint density at radius 3 is 2.73 bits per heavy atom. The van der Waals surface area contributed by atoms with Gasteiger partial charge in [-0.2, -0.15) is 0 Å². The lowest BCUT2D eigenvalue weighted by Crippen LogP contribution is -2.26. The summed E-state index contributed by atoms with van der Waals surface area (Å²) in [6.07, 6.45) is 5.90. The first-order valence-corrected chi connectivity index (χ1v) is 5.38. The third kappa shape index (κ3) is 3.06. The minimum Gasteiger partial charge on any atom is -0.382 e.